The highest BCUT2D eigenvalue weighted by Gasteiger charge is 2.19. The first-order chi connectivity index (χ1) is 15.6. The highest BCUT2D eigenvalue weighted by atomic mass is 16.6. The van der Waals surface area contributed by atoms with Crippen molar-refractivity contribution in [1.29, 1.82) is 0 Å². The largest absolute Gasteiger partial charge is 0.477 e. The summed E-state index contributed by atoms with van der Waals surface area (Å²) in [5.41, 5.74) is 3.72. The van der Waals surface area contributed by atoms with E-state index in [1.54, 1.807) is 11.7 Å². The molecule has 0 N–H and O–H groups in total. The molecule has 32 heavy (non-hydrogen) atoms. The molecule has 1 fully saturated rings. The van der Waals surface area contributed by atoms with Crippen LogP contribution in [0, 0.1) is 11.8 Å². The van der Waals surface area contributed by atoms with Gasteiger partial charge in [-0.2, -0.15) is 4.98 Å². The van der Waals surface area contributed by atoms with E-state index >= 15 is 0 Å². The summed E-state index contributed by atoms with van der Waals surface area (Å²) in [4.78, 5) is 16.7. The smallest absolute Gasteiger partial charge is 0.351 e. The Bertz CT molecular complexity index is 1050. The second kappa shape index (κ2) is 10.8. The summed E-state index contributed by atoms with van der Waals surface area (Å²) in [5.74, 6) is 6.61. The maximum absolute atomic E-state index is 12.6. The van der Waals surface area contributed by atoms with Crippen molar-refractivity contribution in [2.24, 2.45) is 0 Å². The minimum atomic E-state index is -0.270. The van der Waals surface area contributed by atoms with Crippen molar-refractivity contribution in [2.75, 3.05) is 33.5 Å². The van der Waals surface area contributed by atoms with E-state index in [0.29, 0.717) is 38.9 Å². The van der Waals surface area contributed by atoms with Crippen LogP contribution < -0.4 is 10.4 Å². The van der Waals surface area contributed by atoms with Crippen LogP contribution in [0.1, 0.15) is 37.3 Å². The third kappa shape index (κ3) is 5.57. The van der Waals surface area contributed by atoms with Crippen LogP contribution in [0.5, 0.6) is 5.88 Å². The molecule has 0 amide bonds. The molecule has 2 atom stereocenters. The topological polar surface area (TPSA) is 71.8 Å². The van der Waals surface area contributed by atoms with E-state index < -0.39 is 0 Å². The fourth-order valence-corrected chi connectivity index (χ4v) is 3.96. The lowest BCUT2D eigenvalue weighted by Crippen LogP contribution is -2.29. The molecule has 0 aliphatic carbocycles. The van der Waals surface area contributed by atoms with E-state index in [1.165, 1.54) is 5.56 Å². The molecule has 1 aromatic carbocycles. The maximum atomic E-state index is 12.6. The molecule has 1 saturated heterocycles. The van der Waals surface area contributed by atoms with Gasteiger partial charge in [0.15, 0.2) is 0 Å². The molecule has 0 bridgehead atoms. The highest BCUT2D eigenvalue weighted by Crippen LogP contribution is 2.30. The predicted octanol–water partition coefficient (Wildman–Crippen LogP) is 2.82. The molecule has 2 unspecified atom stereocenters. The number of hydrogen-bond acceptors (Lipinski definition) is 6. The molecule has 2 aliphatic rings. The van der Waals surface area contributed by atoms with E-state index in [-0.39, 0.29) is 17.9 Å². The Labute approximate surface area is 188 Å². The SMILES string of the molecule is COC(C)C#Cc1ccc2c(c1)CCn1c-2cc(OCCCCC2COCCO2)nc1=O. The van der Waals surface area contributed by atoms with Gasteiger partial charge in [-0.15, -0.1) is 0 Å². The Morgan fingerprint density at radius 1 is 1.28 bits per heavy atom. The van der Waals surface area contributed by atoms with Crippen molar-refractivity contribution < 1.29 is 18.9 Å². The number of rotatable bonds is 7. The van der Waals surface area contributed by atoms with E-state index in [4.69, 9.17) is 18.9 Å². The third-order valence-electron chi connectivity index (χ3n) is 5.80. The molecule has 2 aliphatic heterocycles. The Kier molecular flexibility index (Phi) is 7.59. The van der Waals surface area contributed by atoms with Gasteiger partial charge in [0.2, 0.25) is 5.88 Å². The summed E-state index contributed by atoms with van der Waals surface area (Å²) in [7, 11) is 1.65. The Morgan fingerprint density at radius 2 is 2.19 bits per heavy atom. The number of aryl methyl sites for hydroxylation is 1. The van der Waals surface area contributed by atoms with Gasteiger partial charge in [0.25, 0.3) is 0 Å². The Balaban J connectivity index is 1.41. The summed E-state index contributed by atoms with van der Waals surface area (Å²) in [6, 6.07) is 7.97. The molecular formula is C25H30N2O5. The van der Waals surface area contributed by atoms with Gasteiger partial charge in [-0.05, 0) is 50.3 Å². The standard InChI is InChI=1S/C25H30N2O5/c1-18(29-2)6-7-19-8-9-22-20(15-19)10-11-27-23(22)16-24(26-25(27)28)32-12-4-3-5-21-17-30-13-14-31-21/h8-9,15-16,18,21H,3-5,10-14,17H2,1-2H3. The number of fused-ring (bicyclic) bond motifs is 3. The Morgan fingerprint density at radius 3 is 3.00 bits per heavy atom. The molecule has 0 spiro atoms. The van der Waals surface area contributed by atoms with E-state index in [2.05, 4.69) is 22.9 Å². The monoisotopic (exact) mass is 438 g/mol. The molecule has 7 nitrogen and oxygen atoms in total. The van der Waals surface area contributed by atoms with Crippen LogP contribution in [-0.2, 0) is 27.2 Å². The Hall–Kier alpha value is -2.66. The number of nitrogens with zero attached hydrogens (tertiary/aromatic N) is 2. The van der Waals surface area contributed by atoms with E-state index in [9.17, 15) is 4.79 Å². The molecule has 4 rings (SSSR count). The fraction of sp³-hybridized carbons (Fsp3) is 0.520. The minimum absolute atomic E-state index is 0.111. The quantitative estimate of drug-likeness (QED) is 0.489. The predicted molar refractivity (Wildman–Crippen MR) is 121 cm³/mol. The van der Waals surface area contributed by atoms with Crippen molar-refractivity contribution >= 4 is 0 Å². The van der Waals surface area contributed by atoms with Crippen molar-refractivity contribution in [3.05, 3.63) is 45.9 Å². The van der Waals surface area contributed by atoms with Crippen molar-refractivity contribution in [2.45, 2.75) is 51.4 Å². The zero-order valence-corrected chi connectivity index (χ0v) is 18.8. The van der Waals surface area contributed by atoms with Crippen LogP contribution in [0.3, 0.4) is 0 Å². The lowest BCUT2D eigenvalue weighted by atomic mass is 9.95. The number of benzene rings is 1. The average molecular weight is 439 g/mol. The lowest BCUT2D eigenvalue weighted by Gasteiger charge is -2.23. The summed E-state index contributed by atoms with van der Waals surface area (Å²) in [5, 5.41) is 0. The molecule has 0 radical (unpaired) electrons. The second-order valence-corrected chi connectivity index (χ2v) is 8.09. The first kappa shape index (κ1) is 22.5. The maximum Gasteiger partial charge on any atom is 0.351 e. The normalized spacial score (nSPS) is 18.1. The van der Waals surface area contributed by atoms with Crippen LogP contribution in [0.15, 0.2) is 29.1 Å². The fourth-order valence-electron chi connectivity index (χ4n) is 3.96. The van der Waals surface area contributed by atoms with Gasteiger partial charge in [-0.3, -0.25) is 4.57 Å². The first-order valence-electron chi connectivity index (χ1n) is 11.3. The van der Waals surface area contributed by atoms with Gasteiger partial charge in [0, 0.05) is 30.8 Å². The van der Waals surface area contributed by atoms with Crippen molar-refractivity contribution in [3.8, 4) is 29.0 Å². The van der Waals surface area contributed by atoms with Crippen LogP contribution in [0.2, 0.25) is 0 Å². The van der Waals surface area contributed by atoms with Gasteiger partial charge < -0.3 is 18.9 Å². The zero-order chi connectivity index (χ0) is 22.3. The average Bonchev–Trinajstić information content (AvgIpc) is 2.82. The van der Waals surface area contributed by atoms with Crippen LogP contribution in [-0.4, -0.2) is 55.3 Å². The number of methoxy groups -OCH3 is 1. The summed E-state index contributed by atoms with van der Waals surface area (Å²) < 4.78 is 23.8. The molecule has 170 valence electrons. The van der Waals surface area contributed by atoms with Crippen molar-refractivity contribution in [3.63, 3.8) is 0 Å². The van der Waals surface area contributed by atoms with Crippen LogP contribution >= 0.6 is 0 Å². The second-order valence-electron chi connectivity index (χ2n) is 8.09. The van der Waals surface area contributed by atoms with Gasteiger partial charge in [-0.1, -0.05) is 17.9 Å². The van der Waals surface area contributed by atoms with Gasteiger partial charge in [0.05, 0.1) is 38.2 Å². The molecule has 7 heteroatoms. The molecule has 2 aromatic rings. The highest BCUT2D eigenvalue weighted by molar-refractivity contribution is 5.67. The van der Waals surface area contributed by atoms with E-state index in [0.717, 1.165) is 42.5 Å². The molecule has 3 heterocycles. The summed E-state index contributed by atoms with van der Waals surface area (Å²) >= 11 is 0. The number of hydrogen-bond donors (Lipinski definition) is 0. The number of unbranched alkanes of at least 4 members (excludes halogenated alkanes) is 1. The van der Waals surface area contributed by atoms with Crippen LogP contribution in [0.25, 0.3) is 11.3 Å². The van der Waals surface area contributed by atoms with E-state index in [1.807, 2.05) is 25.1 Å². The molecule has 1 aromatic heterocycles. The molecular weight excluding hydrogens is 408 g/mol. The van der Waals surface area contributed by atoms with Crippen LogP contribution in [0.4, 0.5) is 0 Å². The summed E-state index contributed by atoms with van der Waals surface area (Å²) in [6.45, 7) is 5.06. The third-order valence-corrected chi connectivity index (χ3v) is 5.80. The number of aromatic nitrogens is 2. The molecule has 0 saturated carbocycles. The van der Waals surface area contributed by atoms with Crippen molar-refractivity contribution in [1.82, 2.24) is 9.55 Å². The zero-order valence-electron chi connectivity index (χ0n) is 18.8. The lowest BCUT2D eigenvalue weighted by molar-refractivity contribution is -0.0913. The van der Waals surface area contributed by atoms with Gasteiger partial charge >= 0.3 is 5.69 Å². The first-order valence-corrected chi connectivity index (χ1v) is 11.3. The van der Waals surface area contributed by atoms with Gasteiger partial charge in [0.1, 0.15) is 6.10 Å². The minimum Gasteiger partial charge on any atom is -0.477 e. The van der Waals surface area contributed by atoms with Gasteiger partial charge in [-0.25, -0.2) is 4.79 Å². The summed E-state index contributed by atoms with van der Waals surface area (Å²) in [6.07, 6.45) is 3.64. The number of ether oxygens (including phenoxy) is 4.